The number of allylic oxidation sites excluding steroid dienone is 3. The summed E-state index contributed by atoms with van der Waals surface area (Å²) in [5, 5.41) is 6.32. The number of pyridine rings is 1. The van der Waals surface area contributed by atoms with Crippen molar-refractivity contribution in [3.63, 3.8) is 0 Å². The number of rotatable bonds is 3. The van der Waals surface area contributed by atoms with Gasteiger partial charge in [0.1, 0.15) is 5.82 Å². The maximum absolute atomic E-state index is 13.5. The fraction of sp³-hybridized carbons (Fsp3) is 0.320. The number of aryl methyl sites for hydroxylation is 1. The summed E-state index contributed by atoms with van der Waals surface area (Å²) in [5.74, 6) is -0.0937. The lowest BCUT2D eigenvalue weighted by atomic mass is 9.68. The molecule has 1 aromatic heterocycles. The van der Waals surface area contributed by atoms with Crippen LogP contribution >= 0.6 is 15.9 Å². The molecule has 1 aromatic carbocycles. The van der Waals surface area contributed by atoms with Crippen LogP contribution in [-0.4, -0.2) is 16.7 Å². The summed E-state index contributed by atoms with van der Waals surface area (Å²) in [7, 11) is 0. The van der Waals surface area contributed by atoms with Crippen molar-refractivity contribution in [1.29, 1.82) is 0 Å². The third-order valence-electron chi connectivity index (χ3n) is 5.82. The second kappa shape index (κ2) is 8.08. The summed E-state index contributed by atoms with van der Waals surface area (Å²) >= 11 is 3.54. The van der Waals surface area contributed by atoms with Gasteiger partial charge in [0.05, 0.1) is 0 Å². The largest absolute Gasteiger partial charge is 0.362 e. The Morgan fingerprint density at radius 2 is 1.97 bits per heavy atom. The lowest BCUT2D eigenvalue weighted by molar-refractivity contribution is -0.118. The molecular formula is C25H26BrN3O2. The molecule has 4 rings (SSSR count). The second-order valence-electron chi connectivity index (χ2n) is 9.16. The number of halogens is 1. The molecule has 0 bridgehead atoms. The first-order valence-corrected chi connectivity index (χ1v) is 11.2. The molecule has 1 atom stereocenters. The molecule has 31 heavy (non-hydrogen) atoms. The number of carbonyl (C=O) groups is 2. The average Bonchev–Trinajstić information content (AvgIpc) is 2.65. The maximum atomic E-state index is 13.5. The van der Waals surface area contributed by atoms with E-state index >= 15 is 0 Å². The molecule has 0 spiro atoms. The number of ketones is 1. The van der Waals surface area contributed by atoms with E-state index in [1.807, 2.05) is 50.2 Å². The van der Waals surface area contributed by atoms with E-state index in [-0.39, 0.29) is 17.1 Å². The van der Waals surface area contributed by atoms with Crippen LogP contribution in [0.3, 0.4) is 0 Å². The molecule has 2 aromatic rings. The summed E-state index contributed by atoms with van der Waals surface area (Å²) in [5.41, 5.74) is 4.75. The molecule has 1 aliphatic heterocycles. The molecule has 0 radical (unpaired) electrons. The van der Waals surface area contributed by atoms with Crippen molar-refractivity contribution >= 4 is 33.4 Å². The highest BCUT2D eigenvalue weighted by Gasteiger charge is 2.42. The summed E-state index contributed by atoms with van der Waals surface area (Å²) in [6.07, 6.45) is 2.90. The molecule has 0 unspecified atom stereocenters. The zero-order valence-corrected chi connectivity index (χ0v) is 19.8. The van der Waals surface area contributed by atoms with Crippen LogP contribution < -0.4 is 10.6 Å². The predicted octanol–water partition coefficient (Wildman–Crippen LogP) is 5.40. The highest BCUT2D eigenvalue weighted by Crippen LogP contribution is 2.47. The van der Waals surface area contributed by atoms with E-state index in [1.54, 1.807) is 6.20 Å². The molecule has 160 valence electrons. The Kier molecular flexibility index (Phi) is 5.60. The van der Waals surface area contributed by atoms with Crippen LogP contribution in [0.1, 0.15) is 50.7 Å². The monoisotopic (exact) mass is 479 g/mol. The number of dihydropyridines is 1. The van der Waals surface area contributed by atoms with Crippen molar-refractivity contribution in [3.8, 4) is 0 Å². The smallest absolute Gasteiger partial charge is 0.255 e. The number of amides is 1. The van der Waals surface area contributed by atoms with Gasteiger partial charge in [-0.05, 0) is 61.1 Å². The number of anilines is 1. The summed E-state index contributed by atoms with van der Waals surface area (Å²) in [4.78, 5) is 31.1. The van der Waals surface area contributed by atoms with Crippen LogP contribution in [0.25, 0.3) is 0 Å². The van der Waals surface area contributed by atoms with E-state index in [1.165, 1.54) is 0 Å². The molecule has 5 nitrogen and oxygen atoms in total. The lowest BCUT2D eigenvalue weighted by Crippen LogP contribution is -2.39. The Hall–Kier alpha value is -2.73. The Labute approximate surface area is 191 Å². The third kappa shape index (κ3) is 4.35. The van der Waals surface area contributed by atoms with Gasteiger partial charge in [-0.2, -0.15) is 0 Å². The minimum atomic E-state index is -0.429. The molecule has 0 saturated heterocycles. The molecule has 1 aliphatic carbocycles. The number of carbonyl (C=O) groups excluding carboxylic acids is 2. The van der Waals surface area contributed by atoms with E-state index in [0.717, 1.165) is 33.4 Å². The van der Waals surface area contributed by atoms with Crippen molar-refractivity contribution in [2.24, 2.45) is 5.41 Å². The molecule has 1 amide bonds. The first-order valence-electron chi connectivity index (χ1n) is 10.4. The quantitative estimate of drug-likeness (QED) is 0.618. The highest BCUT2D eigenvalue weighted by molar-refractivity contribution is 9.10. The molecule has 2 heterocycles. The standard InChI is InChI=1S/C25H26BrN3O2/c1-14-8-9-27-20(10-14)29-24(31)21-15(2)28-18-12-25(3,4)13-19(30)23(18)22(21)16-6-5-7-17(26)11-16/h5-11,22,28H,12-13H2,1-4H3,(H,27,29,31)/t22-/m1/s1. The first-order chi connectivity index (χ1) is 14.6. The Morgan fingerprint density at radius 3 is 2.68 bits per heavy atom. The SMILES string of the molecule is CC1=C(C(=O)Nc2cc(C)ccn2)[C@@H](c2cccc(Br)c2)C2=C(CC(C)(C)CC2=O)N1. The van der Waals surface area contributed by atoms with Gasteiger partial charge in [0, 0.05) is 45.5 Å². The van der Waals surface area contributed by atoms with Gasteiger partial charge < -0.3 is 10.6 Å². The molecule has 0 saturated carbocycles. The normalized spacial score (nSPS) is 20.3. The fourth-order valence-corrected chi connectivity index (χ4v) is 4.96. The van der Waals surface area contributed by atoms with Crippen LogP contribution in [0.2, 0.25) is 0 Å². The molecule has 6 heteroatoms. The van der Waals surface area contributed by atoms with Crippen LogP contribution in [0.15, 0.2) is 69.6 Å². The van der Waals surface area contributed by atoms with E-state index in [4.69, 9.17) is 0 Å². The van der Waals surface area contributed by atoms with E-state index < -0.39 is 5.92 Å². The van der Waals surface area contributed by atoms with Gasteiger partial charge in [-0.25, -0.2) is 4.98 Å². The predicted molar refractivity (Wildman–Crippen MR) is 125 cm³/mol. The maximum Gasteiger partial charge on any atom is 0.255 e. The number of nitrogens with one attached hydrogen (secondary N) is 2. The van der Waals surface area contributed by atoms with Crippen molar-refractivity contribution < 1.29 is 9.59 Å². The van der Waals surface area contributed by atoms with Gasteiger partial charge >= 0.3 is 0 Å². The zero-order valence-electron chi connectivity index (χ0n) is 18.2. The lowest BCUT2D eigenvalue weighted by Gasteiger charge is -2.39. The van der Waals surface area contributed by atoms with Gasteiger partial charge in [0.2, 0.25) is 0 Å². The van der Waals surface area contributed by atoms with Crippen LogP contribution in [0, 0.1) is 12.3 Å². The van der Waals surface area contributed by atoms with Gasteiger partial charge in [-0.15, -0.1) is 0 Å². The number of Topliss-reactive ketones (excluding diaryl/α,β-unsaturated/α-hetero) is 1. The zero-order chi connectivity index (χ0) is 22.3. The Morgan fingerprint density at radius 1 is 1.19 bits per heavy atom. The molecule has 2 N–H and O–H groups in total. The van der Waals surface area contributed by atoms with Crippen LogP contribution in [0.5, 0.6) is 0 Å². The summed E-state index contributed by atoms with van der Waals surface area (Å²) in [6.45, 7) is 8.07. The Balaban J connectivity index is 1.81. The number of hydrogen-bond acceptors (Lipinski definition) is 4. The first kappa shape index (κ1) is 21.5. The van der Waals surface area contributed by atoms with E-state index in [0.29, 0.717) is 23.4 Å². The van der Waals surface area contributed by atoms with Gasteiger partial charge in [-0.3, -0.25) is 9.59 Å². The number of benzene rings is 1. The van der Waals surface area contributed by atoms with E-state index in [9.17, 15) is 9.59 Å². The minimum Gasteiger partial charge on any atom is -0.362 e. The average molecular weight is 480 g/mol. The molecule has 0 fully saturated rings. The molecular weight excluding hydrogens is 454 g/mol. The Bertz CT molecular complexity index is 1150. The van der Waals surface area contributed by atoms with Crippen LogP contribution in [0.4, 0.5) is 5.82 Å². The highest BCUT2D eigenvalue weighted by atomic mass is 79.9. The minimum absolute atomic E-state index is 0.0928. The fourth-order valence-electron chi connectivity index (χ4n) is 4.54. The second-order valence-corrected chi connectivity index (χ2v) is 10.1. The van der Waals surface area contributed by atoms with Crippen molar-refractivity contribution in [2.45, 2.75) is 46.5 Å². The van der Waals surface area contributed by atoms with Crippen molar-refractivity contribution in [1.82, 2.24) is 10.3 Å². The van der Waals surface area contributed by atoms with Crippen molar-refractivity contribution in [2.75, 3.05) is 5.32 Å². The number of hydrogen-bond donors (Lipinski definition) is 2. The van der Waals surface area contributed by atoms with Crippen molar-refractivity contribution in [3.05, 3.63) is 80.7 Å². The number of aromatic nitrogens is 1. The summed E-state index contributed by atoms with van der Waals surface area (Å²) < 4.78 is 0.909. The van der Waals surface area contributed by atoms with Gasteiger partial charge in [0.25, 0.3) is 5.91 Å². The van der Waals surface area contributed by atoms with E-state index in [2.05, 4.69) is 45.4 Å². The van der Waals surface area contributed by atoms with Gasteiger partial charge in [-0.1, -0.05) is 41.9 Å². The summed E-state index contributed by atoms with van der Waals surface area (Å²) in [6, 6.07) is 11.6. The van der Waals surface area contributed by atoms with Crippen LogP contribution in [-0.2, 0) is 9.59 Å². The molecule has 2 aliphatic rings. The topological polar surface area (TPSA) is 71.1 Å². The van der Waals surface area contributed by atoms with Gasteiger partial charge in [0.15, 0.2) is 5.78 Å². The number of nitrogens with zero attached hydrogens (tertiary/aromatic N) is 1. The third-order valence-corrected chi connectivity index (χ3v) is 6.32.